The summed E-state index contributed by atoms with van der Waals surface area (Å²) in [6.07, 6.45) is -2.15. The van der Waals surface area contributed by atoms with E-state index in [0.717, 1.165) is 10.6 Å². The topological polar surface area (TPSA) is 60.9 Å². The Kier molecular flexibility index (Phi) is 8.63. The number of rotatable bonds is 10. The first-order valence-electron chi connectivity index (χ1n) is 9.38. The van der Waals surface area contributed by atoms with Crippen molar-refractivity contribution in [3.63, 3.8) is 0 Å². The molecule has 1 aromatic heterocycles. The van der Waals surface area contributed by atoms with Crippen LogP contribution in [0.3, 0.4) is 0 Å². The van der Waals surface area contributed by atoms with Crippen LogP contribution < -0.4 is 4.74 Å². The number of hydrogen-bond donors (Lipinski definition) is 0. The Morgan fingerprint density at radius 1 is 1.19 bits per heavy atom. The van der Waals surface area contributed by atoms with E-state index in [2.05, 4.69) is 16.3 Å². The molecule has 0 N–H and O–H groups in total. The van der Waals surface area contributed by atoms with Crippen LogP contribution in [0.5, 0.6) is 5.75 Å². The van der Waals surface area contributed by atoms with Gasteiger partial charge >= 0.3 is 6.18 Å². The molecular formula is C22H23F3N2O4. The van der Waals surface area contributed by atoms with Gasteiger partial charge in [0.05, 0.1) is 13.2 Å². The molecular weight excluding hydrogens is 413 g/mol. The lowest BCUT2D eigenvalue weighted by atomic mass is 10.1. The lowest BCUT2D eigenvalue weighted by Crippen LogP contribution is -2.28. The third-order valence-electron chi connectivity index (χ3n) is 3.89. The lowest BCUT2D eigenvalue weighted by Gasteiger charge is -2.15. The first-order chi connectivity index (χ1) is 14.7. The maximum Gasteiger partial charge on any atom is 0.452 e. The zero-order valence-electron chi connectivity index (χ0n) is 17.2. The van der Waals surface area contributed by atoms with Crippen LogP contribution in [0.1, 0.15) is 28.7 Å². The van der Waals surface area contributed by atoms with Crippen LogP contribution in [-0.2, 0) is 16.0 Å². The fraction of sp³-hybridized carbons (Fsp3) is 0.273. The zero-order valence-corrected chi connectivity index (χ0v) is 17.2. The second kappa shape index (κ2) is 11.2. The van der Waals surface area contributed by atoms with Crippen molar-refractivity contribution < 1.29 is 32.3 Å². The monoisotopic (exact) mass is 436 g/mol. The second-order valence-electron chi connectivity index (χ2n) is 6.25. The van der Waals surface area contributed by atoms with Crippen LogP contribution in [-0.4, -0.2) is 42.4 Å². The highest BCUT2D eigenvalue weighted by molar-refractivity contribution is 5.91. The number of hydroxylamine groups is 2. The van der Waals surface area contributed by atoms with Gasteiger partial charge in [0.2, 0.25) is 5.76 Å². The SMILES string of the molecule is C=CCON(C)C(=O)c1cccc(Cc2ccc(O/C=C(\OCC)C(F)(F)F)cc2)n1. The summed E-state index contributed by atoms with van der Waals surface area (Å²) in [5, 5.41) is 1.09. The number of nitrogens with zero attached hydrogens (tertiary/aromatic N) is 2. The van der Waals surface area contributed by atoms with Gasteiger partial charge in [-0.1, -0.05) is 24.3 Å². The van der Waals surface area contributed by atoms with Crippen LogP contribution in [0.4, 0.5) is 13.2 Å². The zero-order chi connectivity index (χ0) is 22.9. The number of carbonyl (C=O) groups is 1. The number of carbonyl (C=O) groups excluding carboxylic acids is 1. The smallest absolute Gasteiger partial charge is 0.452 e. The third-order valence-corrected chi connectivity index (χ3v) is 3.89. The van der Waals surface area contributed by atoms with Crippen molar-refractivity contribution in [2.45, 2.75) is 19.5 Å². The number of pyridine rings is 1. The average Bonchev–Trinajstić information content (AvgIpc) is 2.74. The highest BCUT2D eigenvalue weighted by atomic mass is 19.4. The van der Waals surface area contributed by atoms with Crippen LogP contribution in [0, 0.1) is 0 Å². The molecule has 0 aliphatic rings. The maximum absolute atomic E-state index is 12.8. The minimum atomic E-state index is -4.63. The van der Waals surface area contributed by atoms with E-state index in [-0.39, 0.29) is 24.7 Å². The maximum atomic E-state index is 12.8. The van der Waals surface area contributed by atoms with Gasteiger partial charge in [0.15, 0.2) is 0 Å². The van der Waals surface area contributed by atoms with Crippen LogP contribution in [0.15, 0.2) is 67.1 Å². The molecule has 0 spiro atoms. The average molecular weight is 436 g/mol. The van der Waals surface area contributed by atoms with Gasteiger partial charge in [-0.05, 0) is 36.8 Å². The van der Waals surface area contributed by atoms with E-state index in [1.807, 2.05) is 0 Å². The van der Waals surface area contributed by atoms with E-state index in [9.17, 15) is 18.0 Å². The fourth-order valence-corrected chi connectivity index (χ4v) is 2.44. The number of benzene rings is 1. The summed E-state index contributed by atoms with van der Waals surface area (Å²) in [6, 6.07) is 11.5. The van der Waals surface area contributed by atoms with E-state index < -0.39 is 17.8 Å². The Hall–Kier alpha value is -3.33. The van der Waals surface area contributed by atoms with E-state index in [4.69, 9.17) is 9.57 Å². The summed E-state index contributed by atoms with van der Waals surface area (Å²) in [5.41, 5.74) is 1.71. The fourth-order valence-electron chi connectivity index (χ4n) is 2.44. The van der Waals surface area contributed by atoms with Gasteiger partial charge in [-0.3, -0.25) is 9.63 Å². The quantitative estimate of drug-likeness (QED) is 0.308. The van der Waals surface area contributed by atoms with Crippen molar-refractivity contribution in [1.82, 2.24) is 10.0 Å². The molecule has 0 aliphatic heterocycles. The number of alkyl halides is 3. The van der Waals surface area contributed by atoms with Crippen LogP contribution in [0.2, 0.25) is 0 Å². The standard InChI is InChI=1S/C22H23F3N2O4/c1-4-13-31-27(3)21(28)19-8-6-7-17(26-19)14-16-9-11-18(12-10-16)30-15-20(29-5-2)22(23,24)25/h4,6-12,15H,1,5,13-14H2,2-3H3/b20-15-. The van der Waals surface area contributed by atoms with Gasteiger partial charge < -0.3 is 9.47 Å². The summed E-state index contributed by atoms with van der Waals surface area (Å²) >= 11 is 0. The summed E-state index contributed by atoms with van der Waals surface area (Å²) in [5.74, 6) is -1.37. The Balaban J connectivity index is 2.05. The number of ether oxygens (including phenoxy) is 2. The molecule has 0 saturated carbocycles. The molecule has 2 aromatic rings. The van der Waals surface area contributed by atoms with E-state index >= 15 is 0 Å². The largest absolute Gasteiger partial charge is 0.487 e. The van der Waals surface area contributed by atoms with E-state index in [1.165, 1.54) is 32.2 Å². The van der Waals surface area contributed by atoms with E-state index in [1.54, 1.807) is 30.3 Å². The summed E-state index contributed by atoms with van der Waals surface area (Å²) in [7, 11) is 1.49. The highest BCUT2D eigenvalue weighted by Gasteiger charge is 2.36. The van der Waals surface area contributed by atoms with Crippen molar-refractivity contribution in [3.05, 3.63) is 84.1 Å². The van der Waals surface area contributed by atoms with Gasteiger partial charge in [-0.25, -0.2) is 10.0 Å². The molecule has 166 valence electrons. The molecule has 2 rings (SSSR count). The predicted molar refractivity (Wildman–Crippen MR) is 108 cm³/mol. The molecule has 1 heterocycles. The molecule has 6 nitrogen and oxygen atoms in total. The molecule has 0 saturated heterocycles. The molecule has 0 aliphatic carbocycles. The van der Waals surface area contributed by atoms with Crippen molar-refractivity contribution in [1.29, 1.82) is 0 Å². The number of allylic oxidation sites excluding steroid dienone is 1. The van der Waals surface area contributed by atoms with Crippen molar-refractivity contribution in [2.75, 3.05) is 20.3 Å². The molecule has 0 fully saturated rings. The normalized spacial score (nSPS) is 11.7. The molecule has 0 atom stereocenters. The van der Waals surface area contributed by atoms with Gasteiger partial charge in [0, 0.05) is 19.2 Å². The Morgan fingerprint density at radius 3 is 2.52 bits per heavy atom. The first-order valence-corrected chi connectivity index (χ1v) is 9.38. The molecule has 1 aromatic carbocycles. The number of amides is 1. The molecule has 0 unspecified atom stereocenters. The lowest BCUT2D eigenvalue weighted by molar-refractivity contribution is -0.132. The minimum Gasteiger partial charge on any atom is -0.487 e. The van der Waals surface area contributed by atoms with E-state index in [0.29, 0.717) is 18.4 Å². The van der Waals surface area contributed by atoms with Crippen molar-refractivity contribution in [2.24, 2.45) is 0 Å². The Labute approximate surface area is 178 Å². The number of hydrogen-bond acceptors (Lipinski definition) is 5. The Morgan fingerprint density at radius 2 is 1.90 bits per heavy atom. The minimum absolute atomic E-state index is 0.127. The number of aromatic nitrogens is 1. The van der Waals surface area contributed by atoms with Gasteiger partial charge in [-0.2, -0.15) is 13.2 Å². The van der Waals surface area contributed by atoms with Crippen LogP contribution in [0.25, 0.3) is 0 Å². The molecule has 1 amide bonds. The highest BCUT2D eigenvalue weighted by Crippen LogP contribution is 2.27. The Bertz CT molecular complexity index is 912. The van der Waals surface area contributed by atoms with Gasteiger partial charge in [0.1, 0.15) is 17.7 Å². The second-order valence-corrected chi connectivity index (χ2v) is 6.25. The van der Waals surface area contributed by atoms with Crippen molar-refractivity contribution >= 4 is 5.91 Å². The molecule has 31 heavy (non-hydrogen) atoms. The summed E-state index contributed by atoms with van der Waals surface area (Å²) in [6.45, 7) is 5.05. The summed E-state index contributed by atoms with van der Waals surface area (Å²) < 4.78 is 48.0. The number of halogens is 3. The first kappa shape index (κ1) is 23.9. The predicted octanol–water partition coefficient (Wildman–Crippen LogP) is 4.68. The molecule has 0 bridgehead atoms. The van der Waals surface area contributed by atoms with Gasteiger partial charge in [-0.15, -0.1) is 6.58 Å². The molecule has 9 heteroatoms. The van der Waals surface area contributed by atoms with Crippen molar-refractivity contribution in [3.8, 4) is 5.75 Å². The van der Waals surface area contributed by atoms with Crippen LogP contribution >= 0.6 is 0 Å². The molecule has 0 radical (unpaired) electrons. The summed E-state index contributed by atoms with van der Waals surface area (Å²) in [4.78, 5) is 21.9. The van der Waals surface area contributed by atoms with Gasteiger partial charge in [0.25, 0.3) is 5.91 Å². The third kappa shape index (κ3) is 7.45.